The van der Waals surface area contributed by atoms with Gasteiger partial charge in [-0.05, 0) is 54.9 Å². The second-order valence-corrected chi connectivity index (χ2v) is 10.6. The number of nitrogens with zero attached hydrogens (tertiary/aromatic N) is 1. The molecule has 22 heavy (non-hydrogen) atoms. The molecular weight excluding hydrogens is 341 g/mol. The Morgan fingerprint density at radius 1 is 1.23 bits per heavy atom. The molecule has 126 valence electrons. The van der Waals surface area contributed by atoms with E-state index in [9.17, 15) is 4.79 Å². The average Bonchev–Trinajstić information content (AvgIpc) is 3.11. The van der Waals surface area contributed by atoms with E-state index in [-0.39, 0.29) is 10.8 Å². The molecule has 0 unspecified atom stereocenters. The Kier molecular flexibility index (Phi) is 4.91. The fourth-order valence-corrected chi connectivity index (χ4v) is 4.00. The number of carbonyl (C=O) groups excluding carboxylic acids is 1. The Balaban J connectivity index is 2.42. The van der Waals surface area contributed by atoms with Crippen LogP contribution in [0.4, 0.5) is 0 Å². The van der Waals surface area contributed by atoms with Crippen LogP contribution in [0, 0.1) is 16.7 Å². The third-order valence-corrected chi connectivity index (χ3v) is 5.45. The molecule has 2 nitrogen and oxygen atoms in total. The van der Waals surface area contributed by atoms with E-state index in [2.05, 4.69) is 34.6 Å². The molecule has 0 heterocycles. The third-order valence-electron chi connectivity index (χ3n) is 4.97. The van der Waals surface area contributed by atoms with Gasteiger partial charge in [0.25, 0.3) is 9.70 Å². The molecule has 2 aliphatic carbocycles. The van der Waals surface area contributed by atoms with Crippen LogP contribution in [0.2, 0.25) is 0 Å². The minimum atomic E-state index is -1.89. The van der Waals surface area contributed by atoms with Crippen molar-refractivity contribution in [1.82, 2.24) is 4.90 Å². The highest BCUT2D eigenvalue weighted by molar-refractivity contribution is 6.76. The second-order valence-electron chi connectivity index (χ2n) is 8.33. The van der Waals surface area contributed by atoms with Gasteiger partial charge in [0.05, 0.1) is 0 Å². The predicted molar refractivity (Wildman–Crippen MR) is 94.2 cm³/mol. The predicted octanol–water partition coefficient (Wildman–Crippen LogP) is 5.72. The van der Waals surface area contributed by atoms with Gasteiger partial charge < -0.3 is 4.90 Å². The number of amides is 1. The normalized spacial score (nSPS) is 24.4. The number of halogens is 3. The highest BCUT2D eigenvalue weighted by atomic mass is 35.6. The standard InChI is InChI=1S/C17H26Cl3NO/c1-11-13(8-15(2,3)10-16(11,4)5)21(9-12-6-7-12)14(22)17(18,19)20/h12H,6-10H2,1-5H3. The molecule has 1 amide bonds. The summed E-state index contributed by atoms with van der Waals surface area (Å²) in [4.78, 5) is 14.5. The summed E-state index contributed by atoms with van der Waals surface area (Å²) in [5, 5.41) is 0. The van der Waals surface area contributed by atoms with Gasteiger partial charge in [0, 0.05) is 12.2 Å². The van der Waals surface area contributed by atoms with Crippen LogP contribution >= 0.6 is 34.8 Å². The van der Waals surface area contributed by atoms with Gasteiger partial charge in [0.2, 0.25) is 0 Å². The number of carbonyl (C=O) groups is 1. The van der Waals surface area contributed by atoms with Gasteiger partial charge in [-0.15, -0.1) is 0 Å². The zero-order valence-electron chi connectivity index (χ0n) is 14.1. The van der Waals surface area contributed by atoms with Gasteiger partial charge in [-0.25, -0.2) is 0 Å². The highest BCUT2D eigenvalue weighted by Crippen LogP contribution is 2.50. The second kappa shape index (κ2) is 5.86. The Hall–Kier alpha value is 0.0800. The topological polar surface area (TPSA) is 20.3 Å². The first-order valence-electron chi connectivity index (χ1n) is 7.92. The lowest BCUT2D eigenvalue weighted by Gasteiger charge is -2.46. The van der Waals surface area contributed by atoms with Crippen LogP contribution in [0.1, 0.15) is 60.3 Å². The van der Waals surface area contributed by atoms with Gasteiger partial charge in [0.15, 0.2) is 0 Å². The Morgan fingerprint density at radius 2 is 1.77 bits per heavy atom. The van der Waals surface area contributed by atoms with E-state index < -0.39 is 9.70 Å². The first kappa shape index (κ1) is 18.4. The van der Waals surface area contributed by atoms with Gasteiger partial charge in [-0.1, -0.05) is 62.5 Å². The van der Waals surface area contributed by atoms with Crippen molar-refractivity contribution in [3.8, 4) is 0 Å². The monoisotopic (exact) mass is 365 g/mol. The Morgan fingerprint density at radius 3 is 2.23 bits per heavy atom. The molecule has 0 radical (unpaired) electrons. The van der Waals surface area contributed by atoms with Crippen molar-refractivity contribution in [3.05, 3.63) is 11.3 Å². The summed E-state index contributed by atoms with van der Waals surface area (Å²) < 4.78 is -1.89. The van der Waals surface area contributed by atoms with Crippen LogP contribution in [-0.4, -0.2) is 21.1 Å². The summed E-state index contributed by atoms with van der Waals surface area (Å²) in [6.07, 6.45) is 4.25. The maximum Gasteiger partial charge on any atom is 0.278 e. The molecule has 0 saturated heterocycles. The van der Waals surface area contributed by atoms with Crippen LogP contribution in [0.15, 0.2) is 11.3 Å². The molecule has 2 rings (SSSR count). The molecular formula is C17H26Cl3NO. The van der Waals surface area contributed by atoms with Crippen molar-refractivity contribution >= 4 is 40.7 Å². The SMILES string of the molecule is CC1=C(N(CC2CC2)C(=O)C(Cl)(Cl)Cl)CC(C)(C)CC1(C)C. The molecule has 0 atom stereocenters. The van der Waals surface area contributed by atoms with Crippen molar-refractivity contribution in [2.24, 2.45) is 16.7 Å². The maximum absolute atomic E-state index is 12.7. The summed E-state index contributed by atoms with van der Waals surface area (Å²) in [7, 11) is 0. The smallest absolute Gasteiger partial charge is 0.278 e. The number of hydrogen-bond acceptors (Lipinski definition) is 1. The molecule has 0 spiro atoms. The highest BCUT2D eigenvalue weighted by Gasteiger charge is 2.44. The lowest BCUT2D eigenvalue weighted by atomic mass is 9.64. The summed E-state index contributed by atoms with van der Waals surface area (Å²) in [6, 6.07) is 0. The quantitative estimate of drug-likeness (QED) is 0.585. The molecule has 0 bridgehead atoms. The number of alkyl halides is 3. The molecule has 1 fully saturated rings. The minimum Gasteiger partial charge on any atom is -0.312 e. The fourth-order valence-electron chi connectivity index (χ4n) is 3.69. The average molecular weight is 367 g/mol. The van der Waals surface area contributed by atoms with E-state index in [0.29, 0.717) is 12.5 Å². The summed E-state index contributed by atoms with van der Waals surface area (Å²) in [5.74, 6) is 0.136. The Labute approximate surface area is 149 Å². The summed E-state index contributed by atoms with van der Waals surface area (Å²) in [6.45, 7) is 11.8. The lowest BCUT2D eigenvalue weighted by Crippen LogP contribution is -2.44. The van der Waals surface area contributed by atoms with E-state index in [1.807, 2.05) is 0 Å². The zero-order valence-corrected chi connectivity index (χ0v) is 16.4. The van der Waals surface area contributed by atoms with Gasteiger partial charge >= 0.3 is 0 Å². The molecule has 0 aliphatic heterocycles. The Bertz CT molecular complexity index is 499. The van der Waals surface area contributed by atoms with Gasteiger partial charge in [0.1, 0.15) is 0 Å². The van der Waals surface area contributed by atoms with E-state index in [1.165, 1.54) is 5.57 Å². The summed E-state index contributed by atoms with van der Waals surface area (Å²) >= 11 is 17.7. The van der Waals surface area contributed by atoms with Crippen molar-refractivity contribution in [3.63, 3.8) is 0 Å². The molecule has 0 aromatic heterocycles. The first-order valence-corrected chi connectivity index (χ1v) is 9.06. The van der Waals surface area contributed by atoms with Crippen LogP contribution < -0.4 is 0 Å². The molecule has 0 aromatic rings. The molecule has 0 aromatic carbocycles. The number of allylic oxidation sites excluding steroid dienone is 2. The van der Waals surface area contributed by atoms with Gasteiger partial charge in [-0.2, -0.15) is 0 Å². The third kappa shape index (κ3) is 4.13. The van der Waals surface area contributed by atoms with Crippen LogP contribution in [0.3, 0.4) is 0 Å². The van der Waals surface area contributed by atoms with E-state index in [1.54, 1.807) is 4.90 Å². The maximum atomic E-state index is 12.7. The van der Waals surface area contributed by atoms with Crippen molar-refractivity contribution in [2.75, 3.05) is 6.54 Å². The molecule has 1 saturated carbocycles. The van der Waals surface area contributed by atoms with E-state index >= 15 is 0 Å². The van der Waals surface area contributed by atoms with Crippen molar-refractivity contribution < 1.29 is 4.79 Å². The van der Waals surface area contributed by atoms with Crippen LogP contribution in [-0.2, 0) is 4.79 Å². The first-order chi connectivity index (χ1) is 9.83. The fraction of sp³-hybridized carbons (Fsp3) is 0.824. The van der Waals surface area contributed by atoms with Crippen LogP contribution in [0.5, 0.6) is 0 Å². The van der Waals surface area contributed by atoms with Crippen molar-refractivity contribution in [2.45, 2.75) is 64.1 Å². The molecule has 0 N–H and O–H groups in total. The molecule has 2 aliphatic rings. The zero-order chi connectivity index (χ0) is 16.9. The lowest BCUT2D eigenvalue weighted by molar-refractivity contribution is -0.129. The number of rotatable bonds is 3. The van der Waals surface area contributed by atoms with Crippen molar-refractivity contribution in [1.29, 1.82) is 0 Å². The largest absolute Gasteiger partial charge is 0.312 e. The molecule has 5 heteroatoms. The number of hydrogen-bond donors (Lipinski definition) is 0. The van der Waals surface area contributed by atoms with E-state index in [0.717, 1.165) is 31.4 Å². The van der Waals surface area contributed by atoms with Gasteiger partial charge in [-0.3, -0.25) is 4.79 Å². The van der Waals surface area contributed by atoms with E-state index in [4.69, 9.17) is 34.8 Å². The minimum absolute atomic E-state index is 0.0484. The van der Waals surface area contributed by atoms with Crippen LogP contribution in [0.25, 0.3) is 0 Å². The summed E-state index contributed by atoms with van der Waals surface area (Å²) in [5.41, 5.74) is 2.49.